The third-order valence-electron chi connectivity index (χ3n) is 7.24. The van der Waals surface area contributed by atoms with E-state index in [1.807, 2.05) is 30.9 Å². The van der Waals surface area contributed by atoms with Crippen molar-refractivity contribution in [3.05, 3.63) is 75.2 Å². The summed E-state index contributed by atoms with van der Waals surface area (Å²) < 4.78 is 10.0. The molecule has 231 valence electrons. The molecule has 0 saturated heterocycles. The molecule has 0 unspecified atom stereocenters. The van der Waals surface area contributed by atoms with Crippen LogP contribution in [0.1, 0.15) is 65.7 Å². The Kier molecular flexibility index (Phi) is 17.6. The Morgan fingerprint density at radius 3 is 2.28 bits per heavy atom. The van der Waals surface area contributed by atoms with Crippen molar-refractivity contribution in [2.45, 2.75) is 58.8 Å². The Bertz CT molecular complexity index is 1350. The summed E-state index contributed by atoms with van der Waals surface area (Å²) in [5.41, 5.74) is 4.63. The molecule has 1 amide bonds. The molecule has 0 spiro atoms. The molecule has 43 heavy (non-hydrogen) atoms. The summed E-state index contributed by atoms with van der Waals surface area (Å²) in [6, 6.07) is 13.1. The molecule has 0 fully saturated rings. The van der Waals surface area contributed by atoms with E-state index in [0.29, 0.717) is 48.0 Å². The van der Waals surface area contributed by atoms with Crippen LogP contribution >= 0.6 is 11.6 Å². The van der Waals surface area contributed by atoms with E-state index < -0.39 is 0 Å². The van der Waals surface area contributed by atoms with Gasteiger partial charge in [0.1, 0.15) is 5.78 Å². The van der Waals surface area contributed by atoms with Gasteiger partial charge in [-0.25, -0.2) is 0 Å². The average molecular weight is 727 g/mol. The fraction of sp³-hybridized carbons (Fsp3) is 0.469. The second kappa shape index (κ2) is 20.3. The first-order chi connectivity index (χ1) is 20.7. The van der Waals surface area contributed by atoms with E-state index in [9.17, 15) is 14.4 Å². The number of amides is 1. The maximum atomic E-state index is 13.4. The van der Waals surface area contributed by atoms with Crippen LogP contribution in [0.3, 0.4) is 0 Å². The molecular formula is C32H39ClN3O4S2Tc+. The summed E-state index contributed by atoms with van der Waals surface area (Å²) in [6.45, 7) is 6.16. The number of fused-ring (bicyclic) bond motifs is 1. The quantitative estimate of drug-likeness (QED) is 0.120. The average Bonchev–Trinajstić information content (AvgIpc) is 3.27. The molecule has 0 aliphatic rings. The van der Waals surface area contributed by atoms with Crippen LogP contribution in [-0.4, -0.2) is 64.7 Å². The van der Waals surface area contributed by atoms with Crippen LogP contribution in [0.5, 0.6) is 0 Å². The van der Waals surface area contributed by atoms with Crippen LogP contribution in [-0.2, 0) is 63.6 Å². The normalized spacial score (nSPS) is 11.0. The number of hydrogen-bond donors (Lipinski definition) is 0. The number of ketones is 1. The Hall–Kier alpha value is -1.81. The van der Waals surface area contributed by atoms with E-state index in [1.54, 1.807) is 28.8 Å². The Labute approximate surface area is 281 Å². The van der Waals surface area contributed by atoms with Gasteiger partial charge in [0.05, 0.1) is 11.4 Å². The molecule has 1 heterocycles. The van der Waals surface area contributed by atoms with Crippen molar-refractivity contribution in [1.29, 1.82) is 0 Å². The van der Waals surface area contributed by atoms with Crippen molar-refractivity contribution in [2.75, 3.05) is 37.7 Å². The number of Topliss-reactive ketones (excluding diaryl/α,β-unsaturated/α-hetero) is 1. The number of carbonyl (C=O) groups excluding carboxylic acids is 3. The first kappa shape index (κ1) is 37.4. The van der Waals surface area contributed by atoms with Crippen LogP contribution in [0.25, 0.3) is 16.2 Å². The van der Waals surface area contributed by atoms with Crippen LogP contribution in [0.2, 0.25) is 5.02 Å². The SMILES string of the molecule is Cc1ccc2c(c1)c(CCCC(=O)CCCCCN(CC[S-])CC(=O)[N-]CC[S-])c(C)n2C(=O)c1ccc(Cl)cc1.[O]=[Tc+4]. The zero-order valence-corrected chi connectivity index (χ0v) is 29.0. The summed E-state index contributed by atoms with van der Waals surface area (Å²) >= 11 is 16.9. The van der Waals surface area contributed by atoms with Crippen LogP contribution in [0, 0.1) is 13.8 Å². The summed E-state index contributed by atoms with van der Waals surface area (Å²) in [6.07, 6.45) is 5.23. The molecule has 2 aromatic carbocycles. The molecule has 0 N–H and O–H groups in total. The zero-order valence-electron chi connectivity index (χ0n) is 24.8. The number of rotatable bonds is 17. The van der Waals surface area contributed by atoms with Crippen molar-refractivity contribution >= 4 is 65.4 Å². The molecule has 7 nitrogen and oxygen atoms in total. The first-order valence-corrected chi connectivity index (χ1v) is 16.7. The van der Waals surface area contributed by atoms with E-state index in [1.165, 1.54) is 0 Å². The van der Waals surface area contributed by atoms with Crippen molar-refractivity contribution in [3.8, 4) is 0 Å². The van der Waals surface area contributed by atoms with E-state index in [2.05, 4.69) is 11.4 Å². The molecule has 3 rings (SSSR count). The molecule has 0 atom stereocenters. The second-order valence-corrected chi connectivity index (χ2v) is 11.6. The Morgan fingerprint density at radius 1 is 0.907 bits per heavy atom. The number of benzene rings is 2. The molecule has 0 saturated carbocycles. The molecule has 0 bridgehead atoms. The van der Waals surface area contributed by atoms with E-state index in [4.69, 9.17) is 40.4 Å². The van der Waals surface area contributed by atoms with Crippen molar-refractivity contribution in [2.24, 2.45) is 0 Å². The van der Waals surface area contributed by atoms with Gasteiger partial charge < -0.3 is 35.4 Å². The van der Waals surface area contributed by atoms with Crippen LogP contribution < -0.4 is 0 Å². The number of carbonyl (C=O) groups is 3. The van der Waals surface area contributed by atoms with E-state index in [0.717, 1.165) is 85.2 Å². The van der Waals surface area contributed by atoms with Crippen LogP contribution in [0.4, 0.5) is 0 Å². The molecule has 1 aromatic heterocycles. The van der Waals surface area contributed by atoms with Gasteiger partial charge in [-0.2, -0.15) is 18.1 Å². The molecule has 3 aromatic rings. The number of halogens is 1. The molecule has 0 radical (unpaired) electrons. The topological polar surface area (TPSA) is 90.6 Å². The molecule has 11 heteroatoms. The number of aromatic nitrogens is 1. The zero-order chi connectivity index (χ0) is 31.8. The first-order valence-electron chi connectivity index (χ1n) is 14.4. The third kappa shape index (κ3) is 11.9. The Morgan fingerprint density at radius 2 is 1.60 bits per heavy atom. The number of hydrogen-bond acceptors (Lipinski definition) is 7. The molecule has 0 aliphatic heterocycles. The van der Waals surface area contributed by atoms with Gasteiger partial charge in [-0.3, -0.25) is 19.1 Å². The number of nitrogens with zero attached hydrogens (tertiary/aromatic N) is 3. The molecule has 0 aliphatic carbocycles. The standard InChI is InChI=1S/C32H42ClN3O3S2.O.Tc/c1-23-10-15-30-29(21-23)28(24(2)36(30)32(39)25-11-13-26(33)14-12-25)9-6-8-27(37)7-4-3-5-17-35(18-20-41)22-31(38)34-16-19-40;;/h10-15,21H,3-9,16-20,22H2,1-2H3,(H3,34,38,40,41);;/q;;+4/p-3. The number of unbranched alkanes of at least 4 members (excludes halogenated alkanes) is 2. The van der Waals surface area contributed by atoms with Gasteiger partial charge in [0.25, 0.3) is 5.91 Å². The predicted molar refractivity (Wildman–Crippen MR) is 174 cm³/mol. The predicted octanol–water partition coefficient (Wildman–Crippen LogP) is 6.23. The van der Waals surface area contributed by atoms with Gasteiger partial charge in [-0.1, -0.05) is 29.7 Å². The van der Waals surface area contributed by atoms with Gasteiger partial charge in [0, 0.05) is 41.1 Å². The third-order valence-corrected chi connectivity index (χ3v) is 7.86. The fourth-order valence-electron chi connectivity index (χ4n) is 5.13. The van der Waals surface area contributed by atoms with Gasteiger partial charge in [0.15, 0.2) is 0 Å². The maximum absolute atomic E-state index is 13.4. The van der Waals surface area contributed by atoms with E-state index >= 15 is 0 Å². The minimum atomic E-state index is -0.142. The summed E-state index contributed by atoms with van der Waals surface area (Å²) in [7, 11) is 0. The number of aryl methyl sites for hydroxylation is 2. The van der Waals surface area contributed by atoms with Crippen LogP contribution in [0.15, 0.2) is 42.5 Å². The monoisotopic (exact) mass is 725 g/mol. The van der Waals surface area contributed by atoms with Crippen molar-refractivity contribution in [1.82, 2.24) is 9.47 Å². The second-order valence-electron chi connectivity index (χ2n) is 10.4. The summed E-state index contributed by atoms with van der Waals surface area (Å²) in [4.78, 5) is 40.1. The van der Waals surface area contributed by atoms with Gasteiger partial charge in [-0.15, -0.1) is 0 Å². The minimum absolute atomic E-state index is 0.0863. The molecular weight excluding hydrogens is 688 g/mol. The van der Waals surface area contributed by atoms with Gasteiger partial charge >= 0.3 is 22.4 Å². The summed E-state index contributed by atoms with van der Waals surface area (Å²) in [5, 5.41) is 5.61. The summed E-state index contributed by atoms with van der Waals surface area (Å²) in [5.74, 6) is 1.06. The van der Waals surface area contributed by atoms with E-state index in [-0.39, 0.29) is 24.1 Å². The van der Waals surface area contributed by atoms with Gasteiger partial charge in [-0.05, 0) is 94.6 Å². The van der Waals surface area contributed by atoms with Gasteiger partial charge in [0.2, 0.25) is 0 Å². The van der Waals surface area contributed by atoms with Crippen molar-refractivity contribution < 1.29 is 36.7 Å². The van der Waals surface area contributed by atoms with Crippen molar-refractivity contribution in [3.63, 3.8) is 0 Å². The Balaban J connectivity index is 0.00000316. The fourth-order valence-corrected chi connectivity index (χ4v) is 5.60.